The Morgan fingerprint density at radius 2 is 1.81 bits per heavy atom. The molecule has 6 nitrogen and oxygen atoms in total. The average Bonchev–Trinajstić information content (AvgIpc) is 2.97. The van der Waals surface area contributed by atoms with Crippen LogP contribution in [0.25, 0.3) is 16.8 Å². The third-order valence-corrected chi connectivity index (χ3v) is 3.67. The van der Waals surface area contributed by atoms with Crippen molar-refractivity contribution in [2.24, 2.45) is 0 Å². The summed E-state index contributed by atoms with van der Waals surface area (Å²) in [4.78, 5) is 18.2. The molecule has 0 saturated heterocycles. The molecule has 0 fully saturated rings. The van der Waals surface area contributed by atoms with Crippen LogP contribution in [0.4, 0.5) is 22.0 Å². The highest BCUT2D eigenvalue weighted by atomic mass is 19.3. The molecule has 144 valence electrons. The second-order valence-electron chi connectivity index (χ2n) is 5.95. The van der Waals surface area contributed by atoms with Crippen LogP contribution in [0.15, 0.2) is 16.9 Å². The van der Waals surface area contributed by atoms with Crippen molar-refractivity contribution in [3.63, 3.8) is 0 Å². The van der Waals surface area contributed by atoms with Gasteiger partial charge in [-0.05, 0) is 23.6 Å². The second kappa shape index (κ2) is 6.97. The minimum atomic E-state index is -2.80. The fourth-order valence-corrected chi connectivity index (χ4v) is 2.53. The van der Waals surface area contributed by atoms with Crippen LogP contribution < -0.4 is 10.4 Å². The highest BCUT2D eigenvalue weighted by Gasteiger charge is 2.23. The predicted octanol–water partition coefficient (Wildman–Crippen LogP) is 3.27. The summed E-state index contributed by atoms with van der Waals surface area (Å²) >= 11 is 0. The minimum absolute atomic E-state index is 0.0656. The van der Waals surface area contributed by atoms with E-state index in [4.69, 9.17) is 4.74 Å². The van der Waals surface area contributed by atoms with E-state index in [0.717, 1.165) is 16.6 Å². The van der Waals surface area contributed by atoms with Crippen LogP contribution in [0.5, 0.6) is 6.01 Å². The monoisotopic (exact) mass is 388 g/mol. The van der Waals surface area contributed by atoms with Crippen LogP contribution in [0, 0.1) is 17.5 Å². The van der Waals surface area contributed by atoms with E-state index in [1.807, 2.05) is 0 Å². The van der Waals surface area contributed by atoms with Crippen molar-refractivity contribution < 1.29 is 26.7 Å². The number of fused-ring (bicyclic) bond motifs is 1. The van der Waals surface area contributed by atoms with Crippen molar-refractivity contribution in [3.8, 4) is 17.1 Å². The molecule has 3 aromatic rings. The summed E-state index contributed by atoms with van der Waals surface area (Å²) in [6.07, 6.45) is -2.80. The quantitative estimate of drug-likeness (QED) is 0.538. The zero-order valence-electron chi connectivity index (χ0n) is 14.1. The van der Waals surface area contributed by atoms with Gasteiger partial charge in [0.15, 0.2) is 29.7 Å². The molecule has 0 atom stereocenters. The van der Waals surface area contributed by atoms with Gasteiger partial charge >= 0.3 is 5.69 Å². The van der Waals surface area contributed by atoms with Gasteiger partial charge < -0.3 is 4.74 Å². The number of hydrogen-bond donors (Lipinski definition) is 1. The largest absolute Gasteiger partial charge is 0.459 e. The lowest BCUT2D eigenvalue weighted by atomic mass is 9.99. The summed E-state index contributed by atoms with van der Waals surface area (Å²) < 4.78 is 70.9. The molecule has 27 heavy (non-hydrogen) atoms. The van der Waals surface area contributed by atoms with E-state index in [-0.39, 0.29) is 28.4 Å². The van der Waals surface area contributed by atoms with Crippen molar-refractivity contribution in [2.75, 3.05) is 6.61 Å². The lowest BCUT2D eigenvalue weighted by molar-refractivity contribution is 0.0768. The van der Waals surface area contributed by atoms with Crippen molar-refractivity contribution in [3.05, 3.63) is 45.8 Å². The maximum absolute atomic E-state index is 13.7. The maximum Gasteiger partial charge on any atom is 0.352 e. The number of rotatable bonds is 5. The summed E-state index contributed by atoms with van der Waals surface area (Å²) in [6.45, 7) is 2.41. The Kier molecular flexibility index (Phi) is 4.85. The normalized spacial score (nSPS) is 11.7. The first-order valence-corrected chi connectivity index (χ1v) is 7.77. The summed E-state index contributed by atoms with van der Waals surface area (Å²) in [5.41, 5.74) is -0.805. The topological polar surface area (TPSA) is 72.3 Å². The highest BCUT2D eigenvalue weighted by Crippen LogP contribution is 2.33. The van der Waals surface area contributed by atoms with E-state index >= 15 is 0 Å². The van der Waals surface area contributed by atoms with Crippen LogP contribution in [0.2, 0.25) is 0 Å². The zero-order valence-corrected chi connectivity index (χ0v) is 14.1. The molecule has 1 N–H and O–H groups in total. The van der Waals surface area contributed by atoms with Crippen molar-refractivity contribution in [1.29, 1.82) is 0 Å². The van der Waals surface area contributed by atoms with Gasteiger partial charge in [0, 0.05) is 0 Å². The van der Waals surface area contributed by atoms with Crippen LogP contribution in [-0.4, -0.2) is 32.6 Å². The number of alkyl halides is 2. The summed E-state index contributed by atoms with van der Waals surface area (Å²) in [6, 6.07) is 0.973. The zero-order chi connectivity index (χ0) is 19.9. The van der Waals surface area contributed by atoms with Gasteiger partial charge in [-0.3, -0.25) is 4.98 Å². The van der Waals surface area contributed by atoms with Gasteiger partial charge in [-0.2, -0.15) is 14.6 Å². The van der Waals surface area contributed by atoms with Gasteiger partial charge in [0.05, 0.1) is 11.3 Å². The van der Waals surface area contributed by atoms with Gasteiger partial charge in [-0.25, -0.2) is 26.7 Å². The van der Waals surface area contributed by atoms with Crippen molar-refractivity contribution in [2.45, 2.75) is 26.2 Å². The van der Waals surface area contributed by atoms with Gasteiger partial charge in [-0.15, -0.1) is 0 Å². The molecule has 0 aliphatic carbocycles. The number of halogens is 5. The van der Waals surface area contributed by atoms with Gasteiger partial charge in [0.1, 0.15) is 0 Å². The molecule has 0 spiro atoms. The smallest absolute Gasteiger partial charge is 0.352 e. The SMILES string of the molecule is CC(C)c1nn2c(=O)[nH]c(OCC(F)F)nc2c1-c1cc(F)c(F)c(F)c1. The molecule has 0 radical (unpaired) electrons. The average molecular weight is 388 g/mol. The van der Waals surface area contributed by atoms with E-state index in [1.165, 1.54) is 0 Å². The Morgan fingerprint density at radius 1 is 1.19 bits per heavy atom. The van der Waals surface area contributed by atoms with Crippen LogP contribution >= 0.6 is 0 Å². The number of hydrogen-bond acceptors (Lipinski definition) is 4. The van der Waals surface area contributed by atoms with E-state index < -0.39 is 42.2 Å². The highest BCUT2D eigenvalue weighted by molar-refractivity contribution is 5.80. The third-order valence-electron chi connectivity index (χ3n) is 3.67. The minimum Gasteiger partial charge on any atom is -0.459 e. The Balaban J connectivity index is 2.29. The molecule has 0 aliphatic rings. The molecule has 0 saturated carbocycles. The maximum atomic E-state index is 13.7. The number of nitrogens with zero attached hydrogens (tertiary/aromatic N) is 3. The number of H-pyrrole nitrogens is 1. The first kappa shape index (κ1) is 18.8. The van der Waals surface area contributed by atoms with Crippen LogP contribution in [0.3, 0.4) is 0 Å². The molecule has 0 amide bonds. The van der Waals surface area contributed by atoms with E-state index in [0.29, 0.717) is 0 Å². The standard InChI is InChI=1S/C16H13F5N4O2/c1-6(2)13-11(7-3-8(17)12(21)9(18)4-7)14-22-15(27-5-10(19)20)23-16(26)25(14)24-13/h3-4,6,10H,5H2,1-2H3,(H,22,23,26). The van der Waals surface area contributed by atoms with Crippen LogP contribution in [0.1, 0.15) is 25.5 Å². The lowest BCUT2D eigenvalue weighted by Crippen LogP contribution is -2.21. The molecule has 0 bridgehead atoms. The Hall–Kier alpha value is -2.98. The lowest BCUT2D eigenvalue weighted by Gasteiger charge is -2.07. The number of nitrogens with one attached hydrogen (secondary N) is 1. The molecular weight excluding hydrogens is 375 g/mol. The number of benzene rings is 1. The molecule has 3 rings (SSSR count). The third kappa shape index (κ3) is 3.49. The molecule has 1 aromatic carbocycles. The molecule has 2 aromatic heterocycles. The molecule has 11 heteroatoms. The summed E-state index contributed by atoms with van der Waals surface area (Å²) in [7, 11) is 0. The van der Waals surface area contributed by atoms with Gasteiger partial charge in [0.2, 0.25) is 0 Å². The first-order chi connectivity index (χ1) is 12.7. The van der Waals surface area contributed by atoms with Crippen molar-refractivity contribution >= 4 is 5.65 Å². The van der Waals surface area contributed by atoms with Gasteiger partial charge in [0.25, 0.3) is 12.4 Å². The first-order valence-electron chi connectivity index (χ1n) is 7.77. The molecule has 0 unspecified atom stereocenters. The van der Waals surface area contributed by atoms with E-state index in [2.05, 4.69) is 15.1 Å². The molecule has 0 aliphatic heterocycles. The molecular formula is C16H13F5N4O2. The fraction of sp³-hybridized carbons (Fsp3) is 0.312. The number of aromatic nitrogens is 4. The van der Waals surface area contributed by atoms with Crippen LogP contribution in [-0.2, 0) is 0 Å². The fourth-order valence-electron chi connectivity index (χ4n) is 2.53. The van der Waals surface area contributed by atoms with E-state index in [9.17, 15) is 26.7 Å². The Bertz CT molecular complexity index is 1040. The number of ether oxygens (including phenoxy) is 1. The summed E-state index contributed by atoms with van der Waals surface area (Å²) in [5, 5.41) is 4.07. The Morgan fingerprint density at radius 3 is 2.37 bits per heavy atom. The Labute approximate surface area is 148 Å². The van der Waals surface area contributed by atoms with E-state index in [1.54, 1.807) is 13.8 Å². The second-order valence-corrected chi connectivity index (χ2v) is 5.95. The summed E-state index contributed by atoms with van der Waals surface area (Å²) in [5.74, 6) is -4.81. The molecule has 2 heterocycles. The number of aromatic amines is 1. The predicted molar refractivity (Wildman–Crippen MR) is 84.5 cm³/mol. The van der Waals surface area contributed by atoms with Gasteiger partial charge in [-0.1, -0.05) is 13.8 Å². The van der Waals surface area contributed by atoms with Crippen molar-refractivity contribution in [1.82, 2.24) is 19.6 Å².